The molecule has 1 fully saturated rings. The maximum absolute atomic E-state index is 12.5. The smallest absolute Gasteiger partial charge is 0.250 e. The van der Waals surface area contributed by atoms with Crippen LogP contribution in [-0.2, 0) is 16.0 Å². The Balaban J connectivity index is 1.77. The lowest BCUT2D eigenvalue weighted by molar-refractivity contribution is -0.131. The average Bonchev–Trinajstić information content (AvgIpc) is 2.77. The Morgan fingerprint density at radius 2 is 1.76 bits per heavy atom. The van der Waals surface area contributed by atoms with Gasteiger partial charge in [0, 0.05) is 37.0 Å². The van der Waals surface area contributed by atoms with Crippen LogP contribution in [0.25, 0.3) is 0 Å². The van der Waals surface area contributed by atoms with E-state index in [1.165, 1.54) is 0 Å². The lowest BCUT2D eigenvalue weighted by Crippen LogP contribution is -2.53. The van der Waals surface area contributed by atoms with E-state index in [0.717, 1.165) is 30.4 Å². The Morgan fingerprint density at radius 3 is 2.33 bits per heavy atom. The zero-order valence-electron chi connectivity index (χ0n) is 19.3. The minimum atomic E-state index is -1.29. The van der Waals surface area contributed by atoms with E-state index < -0.39 is 18.1 Å². The number of benzene rings is 1. The third-order valence-electron chi connectivity index (χ3n) is 6.24. The van der Waals surface area contributed by atoms with E-state index in [0.29, 0.717) is 25.9 Å². The van der Waals surface area contributed by atoms with Crippen LogP contribution < -0.4 is 22.1 Å². The topological polar surface area (TPSA) is 130 Å². The predicted octanol–water partition coefficient (Wildman–Crippen LogP) is 1.73. The fraction of sp³-hybridized carbons (Fsp3) is 0.462. The van der Waals surface area contributed by atoms with Crippen molar-refractivity contribution < 1.29 is 14.7 Å². The maximum atomic E-state index is 12.5. The molecule has 7 nitrogen and oxygen atoms in total. The number of amides is 2. The van der Waals surface area contributed by atoms with E-state index in [2.05, 4.69) is 23.8 Å². The van der Waals surface area contributed by atoms with Gasteiger partial charge in [0.25, 0.3) is 0 Å². The summed E-state index contributed by atoms with van der Waals surface area (Å²) in [4.78, 5) is 24.8. The molecular weight excluding hydrogens is 416 g/mol. The Kier molecular flexibility index (Phi) is 10.5. The first-order valence-corrected chi connectivity index (χ1v) is 11.5. The molecule has 0 bridgehead atoms. The van der Waals surface area contributed by atoms with E-state index in [1.807, 2.05) is 36.4 Å². The summed E-state index contributed by atoms with van der Waals surface area (Å²) in [7, 11) is 0. The van der Waals surface area contributed by atoms with Gasteiger partial charge in [0.05, 0.1) is 0 Å². The number of aliphatic hydroxyl groups is 1. The second-order valence-electron chi connectivity index (χ2n) is 9.00. The maximum Gasteiger partial charge on any atom is 0.250 e. The van der Waals surface area contributed by atoms with Crippen LogP contribution in [0.5, 0.6) is 0 Å². The highest BCUT2D eigenvalue weighted by Gasteiger charge is 2.38. The molecule has 7 heteroatoms. The number of allylic oxidation sites excluding steroid dienone is 3. The third kappa shape index (κ3) is 8.61. The SMILES string of the molecule is C=C/C=C(\C=C)CC(N)CC(=O)NCC1(CNC(=O)C(O)C(N)Cc2ccccc2)CCC1. The first-order chi connectivity index (χ1) is 15.8. The molecule has 1 aliphatic rings. The Labute approximate surface area is 197 Å². The molecule has 2 amide bonds. The van der Waals surface area contributed by atoms with Gasteiger partial charge >= 0.3 is 0 Å². The predicted molar refractivity (Wildman–Crippen MR) is 132 cm³/mol. The number of carbonyl (C=O) groups excluding carboxylic acids is 2. The van der Waals surface area contributed by atoms with E-state index in [1.54, 1.807) is 12.2 Å². The number of hydrogen-bond donors (Lipinski definition) is 5. The van der Waals surface area contributed by atoms with Crippen LogP contribution in [0.1, 0.15) is 37.7 Å². The molecule has 1 aromatic carbocycles. The van der Waals surface area contributed by atoms with Gasteiger partial charge < -0.3 is 27.2 Å². The summed E-state index contributed by atoms with van der Waals surface area (Å²) in [6.07, 6.45) is 7.92. The zero-order chi connectivity index (χ0) is 24.3. The Hall–Kier alpha value is -2.74. The van der Waals surface area contributed by atoms with Gasteiger partial charge in [-0.3, -0.25) is 9.59 Å². The summed E-state index contributed by atoms with van der Waals surface area (Å²) in [5.74, 6) is -0.601. The Bertz CT molecular complexity index is 833. The minimum absolute atomic E-state index is 0.118. The van der Waals surface area contributed by atoms with Crippen molar-refractivity contribution in [3.05, 3.63) is 72.9 Å². The number of nitrogens with one attached hydrogen (secondary N) is 2. The van der Waals surface area contributed by atoms with Gasteiger partial charge in [-0.15, -0.1) is 0 Å². The largest absolute Gasteiger partial charge is 0.382 e. The number of carbonyl (C=O) groups is 2. The fourth-order valence-corrected chi connectivity index (χ4v) is 4.01. The molecule has 2 rings (SSSR count). The molecule has 0 radical (unpaired) electrons. The third-order valence-corrected chi connectivity index (χ3v) is 6.24. The van der Waals surface area contributed by atoms with Crippen LogP contribution in [-0.4, -0.2) is 48.2 Å². The van der Waals surface area contributed by atoms with Crippen molar-refractivity contribution in [1.82, 2.24) is 10.6 Å². The van der Waals surface area contributed by atoms with Crippen molar-refractivity contribution in [2.24, 2.45) is 16.9 Å². The average molecular weight is 455 g/mol. The molecular formula is C26H38N4O3. The number of aliphatic hydroxyl groups excluding tert-OH is 1. The highest BCUT2D eigenvalue weighted by molar-refractivity contribution is 5.81. The second kappa shape index (κ2) is 13.1. The molecule has 33 heavy (non-hydrogen) atoms. The lowest BCUT2D eigenvalue weighted by atomic mass is 9.68. The van der Waals surface area contributed by atoms with Crippen LogP contribution in [0.2, 0.25) is 0 Å². The summed E-state index contributed by atoms with van der Waals surface area (Å²) < 4.78 is 0. The standard InChI is InChI=1S/C26H38N4O3/c1-3-9-19(4-2)14-21(27)16-23(31)29-17-26(12-8-13-26)18-30-25(33)24(32)22(28)15-20-10-6-5-7-11-20/h3-7,9-11,21-22,24,32H,1-2,8,12-18,27-28H2,(H,29,31)(H,30,33)/b19-9+. The zero-order valence-corrected chi connectivity index (χ0v) is 19.3. The minimum Gasteiger partial charge on any atom is -0.382 e. The van der Waals surface area contributed by atoms with Gasteiger partial charge in [-0.2, -0.15) is 0 Å². The van der Waals surface area contributed by atoms with Gasteiger partial charge in [0.2, 0.25) is 11.8 Å². The van der Waals surface area contributed by atoms with Gasteiger partial charge in [-0.25, -0.2) is 0 Å². The monoisotopic (exact) mass is 454 g/mol. The highest BCUT2D eigenvalue weighted by atomic mass is 16.3. The molecule has 1 saturated carbocycles. The normalized spacial score (nSPS) is 17.7. The molecule has 1 aromatic rings. The molecule has 0 aromatic heterocycles. The van der Waals surface area contributed by atoms with Gasteiger partial charge in [0.15, 0.2) is 0 Å². The molecule has 0 heterocycles. The van der Waals surface area contributed by atoms with Crippen molar-refractivity contribution in [3.8, 4) is 0 Å². The molecule has 3 unspecified atom stereocenters. The summed E-state index contributed by atoms with van der Waals surface area (Å²) in [5.41, 5.74) is 13.9. The molecule has 0 aliphatic heterocycles. The van der Waals surface area contributed by atoms with Gasteiger partial charge in [0.1, 0.15) is 6.10 Å². The van der Waals surface area contributed by atoms with Crippen molar-refractivity contribution >= 4 is 11.8 Å². The second-order valence-corrected chi connectivity index (χ2v) is 9.00. The highest BCUT2D eigenvalue weighted by Crippen LogP contribution is 2.39. The van der Waals surface area contributed by atoms with Crippen LogP contribution in [0.3, 0.4) is 0 Å². The fourth-order valence-electron chi connectivity index (χ4n) is 4.01. The lowest BCUT2D eigenvalue weighted by Gasteiger charge is -2.42. The van der Waals surface area contributed by atoms with Gasteiger partial charge in [-0.1, -0.05) is 68.1 Å². The number of hydrogen-bond acceptors (Lipinski definition) is 5. The van der Waals surface area contributed by atoms with Gasteiger partial charge in [-0.05, 0) is 36.8 Å². The van der Waals surface area contributed by atoms with Crippen LogP contribution >= 0.6 is 0 Å². The molecule has 0 spiro atoms. The van der Waals surface area contributed by atoms with Crippen molar-refractivity contribution in [3.63, 3.8) is 0 Å². The Morgan fingerprint density at radius 1 is 1.09 bits per heavy atom. The van der Waals surface area contributed by atoms with Crippen molar-refractivity contribution in [2.75, 3.05) is 13.1 Å². The quantitative estimate of drug-likeness (QED) is 0.273. The molecule has 1 aliphatic carbocycles. The van der Waals surface area contributed by atoms with E-state index >= 15 is 0 Å². The number of rotatable bonds is 14. The summed E-state index contributed by atoms with van der Waals surface area (Å²) in [6, 6.07) is 8.51. The number of nitrogens with two attached hydrogens (primary N) is 2. The van der Waals surface area contributed by atoms with Crippen molar-refractivity contribution in [2.45, 2.75) is 56.7 Å². The molecule has 180 valence electrons. The molecule has 7 N–H and O–H groups in total. The summed E-state index contributed by atoms with van der Waals surface area (Å²) in [5, 5.41) is 16.1. The van der Waals surface area contributed by atoms with Crippen LogP contribution in [0.15, 0.2) is 67.3 Å². The van der Waals surface area contributed by atoms with E-state index in [9.17, 15) is 14.7 Å². The molecule has 3 atom stereocenters. The summed E-state index contributed by atoms with van der Waals surface area (Å²) >= 11 is 0. The van der Waals surface area contributed by atoms with Crippen LogP contribution in [0.4, 0.5) is 0 Å². The summed E-state index contributed by atoms with van der Waals surface area (Å²) in [6.45, 7) is 8.25. The molecule has 0 saturated heterocycles. The first-order valence-electron chi connectivity index (χ1n) is 11.5. The van der Waals surface area contributed by atoms with Crippen LogP contribution in [0, 0.1) is 5.41 Å². The van der Waals surface area contributed by atoms with E-state index in [-0.39, 0.29) is 23.8 Å². The van der Waals surface area contributed by atoms with Crippen molar-refractivity contribution in [1.29, 1.82) is 0 Å². The van der Waals surface area contributed by atoms with E-state index in [4.69, 9.17) is 11.5 Å². The first kappa shape index (κ1) is 26.5.